The number of pyridine rings is 1. The van der Waals surface area contributed by atoms with Crippen molar-refractivity contribution in [2.24, 2.45) is 0 Å². The van der Waals surface area contributed by atoms with E-state index >= 15 is 0 Å². The molecule has 11 aromatic rings. The normalized spacial score (nSPS) is 13.0. The summed E-state index contributed by atoms with van der Waals surface area (Å²) in [5.74, 6) is 1.78. The van der Waals surface area contributed by atoms with Crippen molar-refractivity contribution in [1.82, 2.24) is 14.1 Å². The van der Waals surface area contributed by atoms with Gasteiger partial charge in [0.05, 0.1) is 23.6 Å². The van der Waals surface area contributed by atoms with Crippen LogP contribution in [0.2, 0.25) is 0 Å². The standard InChI is InChI=1S/C58H40N4O.Pt/c1-58(2,3)39-32-33-59-55(34-39)62-52-28-12-11-24-48(52)49-31-30-42(36-54(49)62)63-41-19-13-18-40(35-41)60-37-61-56-43(38-16-5-4-6-17-38)25-14-26-50(56)46-22-9-7-20-44(46)45-21-8-10-23-47(45)51-27-15-29-53(60)57(51)61;/h4-34H,1-3H3;/q-2;/i4D,5D,6D,16D,17D;. The molecule has 0 fully saturated rings. The molecule has 0 saturated carbocycles. The number of hydrogen-bond donors (Lipinski definition) is 0. The Morgan fingerprint density at radius 1 is 0.594 bits per heavy atom. The fourth-order valence-corrected chi connectivity index (χ4v) is 9.13. The average molecular weight is 1010 g/mol. The molecule has 6 heteroatoms. The quantitative estimate of drug-likeness (QED) is 0.127. The number of nitrogens with zero attached hydrogens (tertiary/aromatic N) is 4. The minimum Gasteiger partial charge on any atom is -0.510 e. The molecule has 0 spiro atoms. The molecule has 310 valence electrons. The van der Waals surface area contributed by atoms with Crippen molar-refractivity contribution >= 4 is 32.8 Å². The average Bonchev–Trinajstić information content (AvgIpc) is 3.92. The van der Waals surface area contributed by atoms with Gasteiger partial charge in [-0.25, -0.2) is 4.98 Å². The molecule has 1 aliphatic heterocycles. The number of para-hydroxylation sites is 3. The van der Waals surface area contributed by atoms with Crippen LogP contribution < -0.4 is 9.30 Å². The molecule has 0 bridgehead atoms. The Labute approximate surface area is 393 Å². The molecule has 0 saturated heterocycles. The molecule has 0 unspecified atom stereocenters. The summed E-state index contributed by atoms with van der Waals surface area (Å²) in [5.41, 5.74) is 12.1. The number of rotatable bonds is 5. The maximum Gasteiger partial charge on any atom is 0.268 e. The minimum atomic E-state index is -0.446. The third-order valence-electron chi connectivity index (χ3n) is 12.0. The van der Waals surface area contributed by atoms with Crippen molar-refractivity contribution in [2.75, 3.05) is 0 Å². The van der Waals surface area contributed by atoms with Gasteiger partial charge in [0.1, 0.15) is 5.82 Å². The Hall–Kier alpha value is -7.33. The molecule has 8 aromatic carbocycles. The van der Waals surface area contributed by atoms with Crippen LogP contribution in [-0.4, -0.2) is 14.1 Å². The van der Waals surface area contributed by atoms with Crippen LogP contribution in [0.25, 0.3) is 94.5 Å². The van der Waals surface area contributed by atoms with Crippen LogP contribution in [-0.2, 0) is 26.5 Å². The van der Waals surface area contributed by atoms with Crippen molar-refractivity contribution in [1.29, 1.82) is 0 Å². The summed E-state index contributed by atoms with van der Waals surface area (Å²) < 4.78 is 56.9. The Balaban J connectivity index is 0.00000520. The molecule has 0 amide bonds. The maximum absolute atomic E-state index is 9.16. The van der Waals surface area contributed by atoms with Gasteiger partial charge in [-0.15, -0.1) is 29.7 Å². The van der Waals surface area contributed by atoms with E-state index in [0.29, 0.717) is 28.4 Å². The molecule has 64 heavy (non-hydrogen) atoms. The summed E-state index contributed by atoms with van der Waals surface area (Å²) in [6, 6.07) is 56.0. The minimum absolute atomic E-state index is 0. The molecule has 0 N–H and O–H groups in total. The number of ether oxygens (including phenoxy) is 1. The SMILES string of the molecule is [2H]c1c([2H])c([2H])c(-c2cccc3c2-[n+]2[c-]n(-c4[c-]c(Oc5[c-]c6c(cc5)c5ccccc5n6-c5cc(C(C)(C)C)ccn5)ccc4)c4cccc(c42)-c2ccccc2-c2ccccc2-3)c([2H])c1[2H].[Pt]. The van der Waals surface area contributed by atoms with E-state index < -0.39 is 18.1 Å². The van der Waals surface area contributed by atoms with Gasteiger partial charge in [0.15, 0.2) is 0 Å². The second kappa shape index (κ2) is 15.5. The van der Waals surface area contributed by atoms with Crippen LogP contribution in [0.1, 0.15) is 33.2 Å². The number of fused-ring (bicyclic) bond motifs is 10. The number of benzene rings is 8. The number of imidazole rings is 1. The summed E-state index contributed by atoms with van der Waals surface area (Å²) >= 11 is 0. The van der Waals surface area contributed by atoms with E-state index in [9.17, 15) is 0 Å². The summed E-state index contributed by atoms with van der Waals surface area (Å²) in [4.78, 5) is 4.84. The molecular formula is C58H40N4OPt-2. The largest absolute Gasteiger partial charge is 0.510 e. The van der Waals surface area contributed by atoms with E-state index in [1.165, 1.54) is 5.56 Å². The van der Waals surface area contributed by atoms with Crippen LogP contribution in [0.5, 0.6) is 11.5 Å². The van der Waals surface area contributed by atoms with Crippen molar-refractivity contribution in [3.63, 3.8) is 0 Å². The van der Waals surface area contributed by atoms with Crippen molar-refractivity contribution in [2.45, 2.75) is 26.2 Å². The first-order valence-electron chi connectivity index (χ1n) is 23.5. The number of aromatic nitrogens is 4. The Morgan fingerprint density at radius 3 is 2.00 bits per heavy atom. The molecule has 3 aromatic heterocycles. The van der Waals surface area contributed by atoms with Gasteiger partial charge in [0.25, 0.3) is 6.33 Å². The van der Waals surface area contributed by atoms with Gasteiger partial charge in [-0.1, -0.05) is 160 Å². The van der Waals surface area contributed by atoms with Gasteiger partial charge in [-0.05, 0) is 84.8 Å². The van der Waals surface area contributed by atoms with Gasteiger partial charge in [0.2, 0.25) is 0 Å². The van der Waals surface area contributed by atoms with Crippen LogP contribution in [0.4, 0.5) is 0 Å². The third-order valence-corrected chi connectivity index (χ3v) is 12.0. The van der Waals surface area contributed by atoms with Crippen molar-refractivity contribution in [3.05, 3.63) is 212 Å². The van der Waals surface area contributed by atoms with E-state index in [1.807, 2.05) is 106 Å². The zero-order valence-corrected chi connectivity index (χ0v) is 37.3. The van der Waals surface area contributed by atoms with Gasteiger partial charge in [-0.2, -0.15) is 18.2 Å². The first kappa shape index (κ1) is 34.2. The monoisotopic (exact) mass is 1010 g/mol. The van der Waals surface area contributed by atoms with Crippen molar-refractivity contribution < 1.29 is 37.2 Å². The van der Waals surface area contributed by atoms with Crippen LogP contribution in [0, 0.1) is 18.5 Å². The Kier molecular flexibility index (Phi) is 8.27. The molecule has 12 rings (SSSR count). The molecule has 1 aliphatic rings. The van der Waals surface area contributed by atoms with Gasteiger partial charge < -0.3 is 13.9 Å². The van der Waals surface area contributed by atoms with E-state index in [1.54, 1.807) is 0 Å². The predicted octanol–water partition coefficient (Wildman–Crippen LogP) is 13.9. The fourth-order valence-electron chi connectivity index (χ4n) is 9.13. The fraction of sp³-hybridized carbons (Fsp3) is 0.0690. The molecule has 0 aliphatic carbocycles. The summed E-state index contributed by atoms with van der Waals surface area (Å²) in [7, 11) is 0. The first-order valence-corrected chi connectivity index (χ1v) is 21.0. The summed E-state index contributed by atoms with van der Waals surface area (Å²) in [5, 5.41) is 2.12. The molecule has 0 atom stereocenters. The molecule has 4 heterocycles. The smallest absolute Gasteiger partial charge is 0.268 e. The first-order chi connectivity index (χ1) is 33.0. The third kappa shape index (κ3) is 6.42. The topological polar surface area (TPSA) is 35.9 Å². The Morgan fingerprint density at radius 2 is 1.22 bits per heavy atom. The molecule has 5 nitrogen and oxygen atoms in total. The molecule has 0 radical (unpaired) electrons. The zero-order chi connectivity index (χ0) is 46.6. The van der Waals surface area contributed by atoms with E-state index in [-0.39, 0.29) is 44.1 Å². The van der Waals surface area contributed by atoms with E-state index in [2.05, 4.69) is 104 Å². The van der Waals surface area contributed by atoms with Gasteiger partial charge in [0, 0.05) is 44.3 Å². The summed E-state index contributed by atoms with van der Waals surface area (Å²) in [6.07, 6.45) is 5.56. The number of hydrogen-bond acceptors (Lipinski definition) is 2. The maximum atomic E-state index is 9.16. The predicted molar refractivity (Wildman–Crippen MR) is 254 cm³/mol. The Bertz CT molecular complexity index is 3880. The summed E-state index contributed by atoms with van der Waals surface area (Å²) in [6.45, 7) is 6.60. The van der Waals surface area contributed by atoms with Gasteiger partial charge in [-0.3, -0.25) is 4.57 Å². The molecular weight excluding hydrogens is 964 g/mol. The second-order valence-electron chi connectivity index (χ2n) is 16.8. The van der Waals surface area contributed by atoms with Crippen molar-refractivity contribution in [3.8, 4) is 73.2 Å². The van der Waals surface area contributed by atoms with E-state index in [4.69, 9.17) is 16.6 Å². The second-order valence-corrected chi connectivity index (χ2v) is 16.8. The van der Waals surface area contributed by atoms with Crippen LogP contribution in [0.15, 0.2) is 188 Å². The zero-order valence-electron chi connectivity index (χ0n) is 40.0. The van der Waals surface area contributed by atoms with E-state index in [0.717, 1.165) is 72.0 Å². The van der Waals surface area contributed by atoms with Gasteiger partial charge >= 0.3 is 0 Å². The van der Waals surface area contributed by atoms with Crippen LogP contribution in [0.3, 0.4) is 0 Å². The van der Waals surface area contributed by atoms with Crippen LogP contribution >= 0.6 is 0 Å².